The highest BCUT2D eigenvalue weighted by Crippen LogP contribution is 2.44. The SMILES string of the molecule is CC(C)OC(=O)N1C2CCC1CC(N1CCC3(CC1)CN(C)Cc1ccccc13)C2. The normalized spacial score (nSPS) is 31.2. The van der Waals surface area contributed by atoms with Gasteiger partial charge in [0.15, 0.2) is 0 Å². The Hall–Kier alpha value is -1.59. The summed E-state index contributed by atoms with van der Waals surface area (Å²) >= 11 is 0. The van der Waals surface area contributed by atoms with Gasteiger partial charge in [0.25, 0.3) is 0 Å². The molecule has 5 rings (SSSR count). The van der Waals surface area contributed by atoms with Gasteiger partial charge in [-0.15, -0.1) is 0 Å². The summed E-state index contributed by atoms with van der Waals surface area (Å²) in [5.74, 6) is 0. The predicted octanol–water partition coefficient (Wildman–Crippen LogP) is 4.01. The lowest BCUT2D eigenvalue weighted by Gasteiger charge is -2.51. The molecule has 3 saturated heterocycles. The van der Waals surface area contributed by atoms with Crippen molar-refractivity contribution in [2.75, 3.05) is 26.7 Å². The van der Waals surface area contributed by atoms with Crippen LogP contribution in [-0.4, -0.2) is 71.7 Å². The molecule has 4 aliphatic rings. The minimum atomic E-state index is -0.0876. The molecule has 1 amide bonds. The van der Waals surface area contributed by atoms with Gasteiger partial charge in [0.2, 0.25) is 0 Å². The third-order valence-corrected chi connectivity index (χ3v) is 8.13. The highest BCUT2D eigenvalue weighted by molar-refractivity contribution is 5.69. The average molecular weight is 412 g/mol. The molecule has 0 aliphatic carbocycles. The topological polar surface area (TPSA) is 36.0 Å². The van der Waals surface area contributed by atoms with Crippen LogP contribution in [0.1, 0.15) is 63.5 Å². The number of likely N-dealkylation sites (tertiary alicyclic amines) is 1. The zero-order chi connectivity index (χ0) is 20.9. The van der Waals surface area contributed by atoms with Crippen LogP contribution in [0.25, 0.3) is 0 Å². The summed E-state index contributed by atoms with van der Waals surface area (Å²) in [6.45, 7) is 8.51. The number of hydrogen-bond donors (Lipinski definition) is 0. The summed E-state index contributed by atoms with van der Waals surface area (Å²) in [4.78, 5) is 19.9. The first-order valence-electron chi connectivity index (χ1n) is 12.0. The molecule has 3 fully saturated rings. The van der Waals surface area contributed by atoms with Crippen LogP contribution in [0.4, 0.5) is 4.79 Å². The van der Waals surface area contributed by atoms with Crippen LogP contribution in [0.5, 0.6) is 0 Å². The van der Waals surface area contributed by atoms with E-state index in [2.05, 4.69) is 46.0 Å². The molecule has 5 nitrogen and oxygen atoms in total. The van der Waals surface area contributed by atoms with Crippen molar-refractivity contribution in [3.63, 3.8) is 0 Å². The van der Waals surface area contributed by atoms with Gasteiger partial charge in [0, 0.05) is 36.6 Å². The van der Waals surface area contributed by atoms with Gasteiger partial charge >= 0.3 is 6.09 Å². The smallest absolute Gasteiger partial charge is 0.410 e. The van der Waals surface area contributed by atoms with Gasteiger partial charge in [-0.05, 0) is 83.6 Å². The molecule has 0 radical (unpaired) electrons. The van der Waals surface area contributed by atoms with Gasteiger partial charge in [0.1, 0.15) is 0 Å². The second-order valence-corrected chi connectivity index (χ2v) is 10.5. The highest BCUT2D eigenvalue weighted by atomic mass is 16.6. The van der Waals surface area contributed by atoms with Crippen molar-refractivity contribution >= 4 is 6.09 Å². The second kappa shape index (κ2) is 7.83. The van der Waals surface area contributed by atoms with Gasteiger partial charge in [0.05, 0.1) is 6.10 Å². The van der Waals surface area contributed by atoms with E-state index in [9.17, 15) is 4.79 Å². The number of fused-ring (bicyclic) bond motifs is 4. The fraction of sp³-hybridized carbons (Fsp3) is 0.720. The molecule has 4 heterocycles. The minimum absolute atomic E-state index is 0.0376. The average Bonchev–Trinajstić information content (AvgIpc) is 2.98. The number of piperidine rings is 2. The van der Waals surface area contributed by atoms with Crippen LogP contribution < -0.4 is 0 Å². The van der Waals surface area contributed by atoms with Crippen LogP contribution in [-0.2, 0) is 16.7 Å². The molecular formula is C25H37N3O2. The second-order valence-electron chi connectivity index (χ2n) is 10.5. The summed E-state index contributed by atoms with van der Waals surface area (Å²) in [7, 11) is 2.27. The molecular weight excluding hydrogens is 374 g/mol. The maximum atomic E-state index is 12.6. The van der Waals surface area contributed by atoms with Crippen molar-refractivity contribution in [3.8, 4) is 0 Å². The molecule has 1 spiro atoms. The molecule has 5 heteroatoms. The Bertz CT molecular complexity index is 772. The highest BCUT2D eigenvalue weighted by Gasteiger charge is 2.48. The lowest BCUT2D eigenvalue weighted by atomic mass is 9.68. The van der Waals surface area contributed by atoms with E-state index in [1.54, 1.807) is 5.56 Å². The lowest BCUT2D eigenvalue weighted by Crippen LogP contribution is -2.57. The van der Waals surface area contributed by atoms with Gasteiger partial charge in [-0.25, -0.2) is 4.79 Å². The summed E-state index contributed by atoms with van der Waals surface area (Å²) < 4.78 is 5.54. The molecule has 2 unspecified atom stereocenters. The van der Waals surface area contributed by atoms with Crippen molar-refractivity contribution in [2.24, 2.45) is 0 Å². The van der Waals surface area contributed by atoms with Crippen molar-refractivity contribution in [2.45, 2.75) is 88.6 Å². The zero-order valence-corrected chi connectivity index (χ0v) is 18.8. The van der Waals surface area contributed by atoms with E-state index in [-0.39, 0.29) is 12.2 Å². The summed E-state index contributed by atoms with van der Waals surface area (Å²) in [6, 6.07) is 10.5. The Morgan fingerprint density at radius 1 is 1.07 bits per heavy atom. The molecule has 1 aromatic rings. The first-order valence-corrected chi connectivity index (χ1v) is 12.0. The number of ether oxygens (including phenoxy) is 1. The number of rotatable bonds is 2. The maximum absolute atomic E-state index is 12.6. The molecule has 164 valence electrons. The number of carbonyl (C=O) groups excluding carboxylic acids is 1. The molecule has 0 N–H and O–H groups in total. The molecule has 0 aromatic heterocycles. The fourth-order valence-corrected chi connectivity index (χ4v) is 6.88. The van der Waals surface area contributed by atoms with Gasteiger partial charge in [-0.2, -0.15) is 0 Å². The first-order chi connectivity index (χ1) is 14.4. The van der Waals surface area contributed by atoms with Crippen LogP contribution in [0.2, 0.25) is 0 Å². The van der Waals surface area contributed by atoms with Gasteiger partial charge < -0.3 is 19.4 Å². The lowest BCUT2D eigenvalue weighted by molar-refractivity contribution is 0.0129. The monoisotopic (exact) mass is 411 g/mol. The van der Waals surface area contributed by atoms with Crippen LogP contribution in [0.3, 0.4) is 0 Å². The first kappa shape index (κ1) is 20.3. The Morgan fingerprint density at radius 3 is 2.40 bits per heavy atom. The van der Waals surface area contributed by atoms with Crippen LogP contribution >= 0.6 is 0 Å². The van der Waals surface area contributed by atoms with Crippen molar-refractivity contribution in [1.29, 1.82) is 0 Å². The standard InChI is InChI=1S/C25H37N3O2/c1-18(2)30-24(29)28-20-8-9-21(28)15-22(14-20)27-12-10-25(11-13-27)17-26(3)16-19-6-4-5-7-23(19)25/h4-7,18,20-22H,8-17H2,1-3H3. The molecule has 2 atom stereocenters. The Labute approximate surface area is 181 Å². The summed E-state index contributed by atoms with van der Waals surface area (Å²) in [5, 5.41) is 0. The van der Waals surface area contributed by atoms with Crippen LogP contribution in [0.15, 0.2) is 24.3 Å². The molecule has 1 aromatic carbocycles. The molecule has 4 aliphatic heterocycles. The quantitative estimate of drug-likeness (QED) is 0.737. The summed E-state index contributed by atoms with van der Waals surface area (Å²) in [5.41, 5.74) is 3.45. The number of amides is 1. The zero-order valence-electron chi connectivity index (χ0n) is 18.8. The van der Waals surface area contributed by atoms with Crippen LogP contribution in [0, 0.1) is 0 Å². The third-order valence-electron chi connectivity index (χ3n) is 8.13. The van der Waals surface area contributed by atoms with Crippen molar-refractivity contribution in [3.05, 3.63) is 35.4 Å². The van der Waals surface area contributed by atoms with E-state index in [1.807, 2.05) is 13.8 Å². The maximum Gasteiger partial charge on any atom is 0.410 e. The van der Waals surface area contributed by atoms with Gasteiger partial charge in [-0.1, -0.05) is 24.3 Å². The van der Waals surface area contributed by atoms with E-state index in [4.69, 9.17) is 4.74 Å². The predicted molar refractivity (Wildman–Crippen MR) is 119 cm³/mol. The Balaban J connectivity index is 1.25. The number of carbonyl (C=O) groups is 1. The van der Waals surface area contributed by atoms with E-state index in [1.165, 1.54) is 38.0 Å². The van der Waals surface area contributed by atoms with Gasteiger partial charge in [-0.3, -0.25) is 0 Å². The fourth-order valence-electron chi connectivity index (χ4n) is 6.88. The third kappa shape index (κ3) is 3.54. The number of hydrogen-bond acceptors (Lipinski definition) is 4. The summed E-state index contributed by atoms with van der Waals surface area (Å²) in [6.07, 6.45) is 6.90. The van der Waals surface area contributed by atoms with Crippen molar-refractivity contribution in [1.82, 2.24) is 14.7 Å². The number of likely N-dealkylation sites (N-methyl/N-ethyl adjacent to an activating group) is 1. The van der Waals surface area contributed by atoms with E-state index >= 15 is 0 Å². The van der Waals surface area contributed by atoms with E-state index in [0.717, 1.165) is 32.2 Å². The van der Waals surface area contributed by atoms with E-state index in [0.29, 0.717) is 23.5 Å². The Morgan fingerprint density at radius 2 is 1.73 bits per heavy atom. The molecule has 0 saturated carbocycles. The van der Waals surface area contributed by atoms with E-state index < -0.39 is 0 Å². The number of nitrogens with zero attached hydrogens (tertiary/aromatic N) is 3. The minimum Gasteiger partial charge on any atom is -0.447 e. The largest absolute Gasteiger partial charge is 0.447 e. The Kier molecular flexibility index (Phi) is 5.30. The van der Waals surface area contributed by atoms with Crippen molar-refractivity contribution < 1.29 is 9.53 Å². The molecule has 30 heavy (non-hydrogen) atoms. The molecule has 2 bridgehead atoms. The number of benzene rings is 1.